The highest BCUT2D eigenvalue weighted by Gasteiger charge is 2.12. The van der Waals surface area contributed by atoms with Gasteiger partial charge in [0.05, 0.1) is 6.54 Å². The molecule has 0 bridgehead atoms. The highest BCUT2D eigenvalue weighted by molar-refractivity contribution is 9.10. The molecule has 1 aromatic heterocycles. The van der Waals surface area contributed by atoms with Crippen molar-refractivity contribution < 1.29 is 4.74 Å². The topological polar surface area (TPSA) is 31.2 Å². The number of halogens is 1. The highest BCUT2D eigenvalue weighted by atomic mass is 79.9. The van der Waals surface area contributed by atoms with E-state index in [9.17, 15) is 4.79 Å². The van der Waals surface area contributed by atoms with Gasteiger partial charge in [0.2, 0.25) is 0 Å². The van der Waals surface area contributed by atoms with Gasteiger partial charge in [0.1, 0.15) is 16.8 Å². The SMILES string of the molecule is Cc1cccc(COc2cc(C)n(Cc3ccccc3)c(=O)c2Br)c1. The lowest BCUT2D eigenvalue weighted by Crippen LogP contribution is -2.24. The lowest BCUT2D eigenvalue weighted by Gasteiger charge is -2.15. The molecule has 0 fully saturated rings. The average molecular weight is 398 g/mol. The molecule has 0 aliphatic carbocycles. The second-order valence-corrected chi connectivity index (χ2v) is 6.91. The van der Waals surface area contributed by atoms with Crippen molar-refractivity contribution in [3.05, 3.63) is 97.9 Å². The minimum absolute atomic E-state index is 0.0805. The first kappa shape index (κ1) is 17.5. The Morgan fingerprint density at radius 2 is 1.68 bits per heavy atom. The predicted molar refractivity (Wildman–Crippen MR) is 104 cm³/mol. The van der Waals surface area contributed by atoms with Crippen LogP contribution in [0.15, 0.2) is 69.9 Å². The molecule has 0 atom stereocenters. The number of pyridine rings is 1. The number of hydrogen-bond donors (Lipinski definition) is 0. The van der Waals surface area contributed by atoms with E-state index in [1.807, 2.05) is 68.4 Å². The maximum Gasteiger partial charge on any atom is 0.269 e. The van der Waals surface area contributed by atoms with Gasteiger partial charge in [0.25, 0.3) is 5.56 Å². The van der Waals surface area contributed by atoms with E-state index >= 15 is 0 Å². The normalized spacial score (nSPS) is 10.7. The van der Waals surface area contributed by atoms with E-state index in [2.05, 4.69) is 22.0 Å². The number of nitrogens with zero attached hydrogens (tertiary/aromatic N) is 1. The van der Waals surface area contributed by atoms with Crippen LogP contribution in [0.25, 0.3) is 0 Å². The summed E-state index contributed by atoms with van der Waals surface area (Å²) < 4.78 is 8.09. The fourth-order valence-electron chi connectivity index (χ4n) is 2.75. The van der Waals surface area contributed by atoms with Crippen LogP contribution in [0.2, 0.25) is 0 Å². The van der Waals surface area contributed by atoms with Crippen molar-refractivity contribution in [1.29, 1.82) is 0 Å². The van der Waals surface area contributed by atoms with E-state index in [1.54, 1.807) is 4.57 Å². The second kappa shape index (κ2) is 7.70. The number of ether oxygens (including phenoxy) is 1. The van der Waals surface area contributed by atoms with Crippen molar-refractivity contribution in [2.45, 2.75) is 27.0 Å². The summed E-state index contributed by atoms with van der Waals surface area (Å²) in [6, 6.07) is 20.0. The molecule has 2 aromatic carbocycles. The molecule has 0 unspecified atom stereocenters. The Morgan fingerprint density at radius 1 is 0.960 bits per heavy atom. The first-order valence-electron chi connectivity index (χ1n) is 8.17. The molecular formula is C21H20BrNO2. The third kappa shape index (κ3) is 4.20. The van der Waals surface area contributed by atoms with Gasteiger partial charge in [-0.2, -0.15) is 0 Å². The Bertz CT molecular complexity index is 932. The van der Waals surface area contributed by atoms with Crippen LogP contribution in [0.1, 0.15) is 22.4 Å². The molecular weight excluding hydrogens is 378 g/mol. The van der Waals surface area contributed by atoms with E-state index in [0.29, 0.717) is 23.4 Å². The van der Waals surface area contributed by atoms with Crippen molar-refractivity contribution >= 4 is 15.9 Å². The van der Waals surface area contributed by atoms with Crippen LogP contribution >= 0.6 is 15.9 Å². The molecule has 1 heterocycles. The first-order chi connectivity index (χ1) is 12.0. The monoisotopic (exact) mass is 397 g/mol. The average Bonchev–Trinajstić information content (AvgIpc) is 2.61. The summed E-state index contributed by atoms with van der Waals surface area (Å²) in [6.07, 6.45) is 0. The molecule has 0 amide bonds. The molecule has 0 aliphatic heterocycles. The summed E-state index contributed by atoms with van der Waals surface area (Å²) >= 11 is 3.41. The molecule has 4 heteroatoms. The van der Waals surface area contributed by atoms with Crippen LogP contribution in [0, 0.1) is 13.8 Å². The Morgan fingerprint density at radius 3 is 2.40 bits per heavy atom. The molecule has 0 aliphatic rings. The van der Waals surface area contributed by atoms with E-state index in [4.69, 9.17) is 4.74 Å². The van der Waals surface area contributed by atoms with Gasteiger partial charge in [-0.05, 0) is 40.9 Å². The molecule has 25 heavy (non-hydrogen) atoms. The van der Waals surface area contributed by atoms with Crippen molar-refractivity contribution in [3.63, 3.8) is 0 Å². The van der Waals surface area contributed by atoms with Gasteiger partial charge < -0.3 is 9.30 Å². The third-order valence-electron chi connectivity index (χ3n) is 4.08. The lowest BCUT2D eigenvalue weighted by atomic mass is 10.1. The van der Waals surface area contributed by atoms with Crippen LogP contribution in [0.4, 0.5) is 0 Å². The largest absolute Gasteiger partial charge is 0.487 e. The summed E-state index contributed by atoms with van der Waals surface area (Å²) in [5.41, 5.74) is 4.15. The summed E-state index contributed by atoms with van der Waals surface area (Å²) in [5.74, 6) is 0.577. The van der Waals surface area contributed by atoms with Gasteiger partial charge in [-0.15, -0.1) is 0 Å². The zero-order valence-electron chi connectivity index (χ0n) is 14.3. The van der Waals surface area contributed by atoms with Crippen molar-refractivity contribution in [2.75, 3.05) is 0 Å². The summed E-state index contributed by atoms with van der Waals surface area (Å²) in [7, 11) is 0. The number of benzene rings is 2. The van der Waals surface area contributed by atoms with Crippen LogP contribution in [-0.4, -0.2) is 4.57 Å². The fraction of sp³-hybridized carbons (Fsp3) is 0.190. The minimum atomic E-state index is -0.0805. The molecule has 0 spiro atoms. The summed E-state index contributed by atoms with van der Waals surface area (Å²) in [5, 5.41) is 0. The number of rotatable bonds is 5. The zero-order chi connectivity index (χ0) is 17.8. The number of aromatic nitrogens is 1. The Kier molecular flexibility index (Phi) is 5.39. The molecule has 128 valence electrons. The standard InChI is InChI=1S/C21H20BrNO2/c1-15-7-6-10-18(11-15)14-25-19-12-16(2)23(21(24)20(19)22)13-17-8-4-3-5-9-17/h3-12H,13-14H2,1-2H3. The van der Waals surface area contributed by atoms with Gasteiger partial charge in [-0.1, -0.05) is 60.2 Å². The van der Waals surface area contributed by atoms with Crippen LogP contribution in [0.5, 0.6) is 5.75 Å². The van der Waals surface area contributed by atoms with E-state index in [0.717, 1.165) is 16.8 Å². The molecule has 3 rings (SSSR count). The molecule has 0 radical (unpaired) electrons. The molecule has 0 saturated carbocycles. The first-order valence-corrected chi connectivity index (χ1v) is 8.96. The molecule has 3 aromatic rings. The van der Waals surface area contributed by atoms with Gasteiger partial charge >= 0.3 is 0 Å². The minimum Gasteiger partial charge on any atom is -0.487 e. The predicted octanol–water partition coefficient (Wildman–Crippen LogP) is 4.85. The molecule has 3 nitrogen and oxygen atoms in total. The zero-order valence-corrected chi connectivity index (χ0v) is 15.9. The quantitative estimate of drug-likeness (QED) is 0.615. The van der Waals surface area contributed by atoms with E-state index in [-0.39, 0.29) is 5.56 Å². The smallest absolute Gasteiger partial charge is 0.269 e. The third-order valence-corrected chi connectivity index (χ3v) is 4.81. The number of aryl methyl sites for hydroxylation is 2. The van der Waals surface area contributed by atoms with Gasteiger partial charge in [-0.3, -0.25) is 4.79 Å². The summed E-state index contributed by atoms with van der Waals surface area (Å²) in [4.78, 5) is 12.7. The van der Waals surface area contributed by atoms with Gasteiger partial charge in [-0.25, -0.2) is 0 Å². The van der Waals surface area contributed by atoms with Gasteiger partial charge in [0, 0.05) is 11.8 Å². The van der Waals surface area contributed by atoms with Crippen LogP contribution in [-0.2, 0) is 13.2 Å². The molecule has 0 N–H and O–H groups in total. The summed E-state index contributed by atoms with van der Waals surface area (Å²) in [6.45, 7) is 4.95. The van der Waals surface area contributed by atoms with Crippen LogP contribution < -0.4 is 10.3 Å². The van der Waals surface area contributed by atoms with E-state index < -0.39 is 0 Å². The van der Waals surface area contributed by atoms with E-state index in [1.165, 1.54) is 5.56 Å². The lowest BCUT2D eigenvalue weighted by molar-refractivity contribution is 0.302. The Labute approximate surface area is 156 Å². The van der Waals surface area contributed by atoms with Gasteiger partial charge in [0.15, 0.2) is 0 Å². The second-order valence-electron chi connectivity index (χ2n) is 6.12. The van der Waals surface area contributed by atoms with Crippen LogP contribution in [0.3, 0.4) is 0 Å². The fourth-order valence-corrected chi connectivity index (χ4v) is 3.19. The maximum atomic E-state index is 12.7. The van der Waals surface area contributed by atoms with Crippen molar-refractivity contribution in [2.24, 2.45) is 0 Å². The van der Waals surface area contributed by atoms with Crippen molar-refractivity contribution in [1.82, 2.24) is 4.57 Å². The van der Waals surface area contributed by atoms with Crippen molar-refractivity contribution in [3.8, 4) is 5.75 Å². The maximum absolute atomic E-state index is 12.7. The Hall–Kier alpha value is -2.33. The Balaban J connectivity index is 1.84. The highest BCUT2D eigenvalue weighted by Crippen LogP contribution is 2.24. The molecule has 0 saturated heterocycles. The number of hydrogen-bond acceptors (Lipinski definition) is 2.